The van der Waals surface area contributed by atoms with Gasteiger partial charge in [-0.3, -0.25) is 5.84 Å². The molecule has 0 spiro atoms. The van der Waals surface area contributed by atoms with Crippen molar-refractivity contribution in [2.24, 2.45) is 5.84 Å². The van der Waals surface area contributed by atoms with E-state index in [0.717, 1.165) is 28.8 Å². The van der Waals surface area contributed by atoms with E-state index in [2.05, 4.69) is 46.5 Å². The van der Waals surface area contributed by atoms with Crippen LogP contribution < -0.4 is 16.0 Å². The molecule has 0 amide bonds. The van der Waals surface area contributed by atoms with Gasteiger partial charge >= 0.3 is 0 Å². The van der Waals surface area contributed by atoms with Gasteiger partial charge in [-0.2, -0.15) is 0 Å². The molecular formula is C16H17BrN2O. The minimum absolute atomic E-state index is 0.0154. The van der Waals surface area contributed by atoms with Gasteiger partial charge in [-0.15, -0.1) is 0 Å². The first-order valence-corrected chi connectivity index (χ1v) is 7.47. The monoisotopic (exact) mass is 332 g/mol. The normalized spacial score (nSPS) is 14.8. The van der Waals surface area contributed by atoms with Crippen LogP contribution in [-0.2, 0) is 6.42 Å². The average molecular weight is 333 g/mol. The van der Waals surface area contributed by atoms with Crippen molar-refractivity contribution in [1.29, 1.82) is 0 Å². The lowest BCUT2D eigenvalue weighted by atomic mass is 9.94. The van der Waals surface area contributed by atoms with Gasteiger partial charge in [0.1, 0.15) is 5.75 Å². The zero-order chi connectivity index (χ0) is 14.1. The van der Waals surface area contributed by atoms with Gasteiger partial charge in [-0.05, 0) is 41.3 Å². The molecule has 3 N–H and O–H groups in total. The summed E-state index contributed by atoms with van der Waals surface area (Å²) in [6, 6.07) is 12.5. The number of halogens is 1. The van der Waals surface area contributed by atoms with Crippen molar-refractivity contribution in [3.63, 3.8) is 0 Å². The van der Waals surface area contributed by atoms with Crippen LogP contribution in [-0.4, -0.2) is 6.61 Å². The number of hydrogen-bond donors (Lipinski definition) is 2. The topological polar surface area (TPSA) is 47.3 Å². The molecule has 0 saturated heterocycles. The van der Waals surface area contributed by atoms with Crippen molar-refractivity contribution in [1.82, 2.24) is 5.43 Å². The Labute approximate surface area is 127 Å². The van der Waals surface area contributed by atoms with Crippen molar-refractivity contribution in [3.8, 4) is 5.75 Å². The standard InChI is InChI=1S/C16H17BrN2O/c1-10-13(3-2-4-14(10)17)16(19-18)12-5-6-15-11(9-12)7-8-20-15/h2-6,9,16,19H,7-8,18H2,1H3. The fourth-order valence-corrected chi connectivity index (χ4v) is 3.07. The second-order valence-corrected chi connectivity index (χ2v) is 5.87. The van der Waals surface area contributed by atoms with Crippen molar-refractivity contribution < 1.29 is 4.74 Å². The van der Waals surface area contributed by atoms with Crippen LogP contribution in [0.2, 0.25) is 0 Å². The minimum atomic E-state index is -0.0154. The molecule has 0 aliphatic carbocycles. The molecule has 0 bridgehead atoms. The molecule has 20 heavy (non-hydrogen) atoms. The summed E-state index contributed by atoms with van der Waals surface area (Å²) in [6.07, 6.45) is 0.970. The van der Waals surface area contributed by atoms with Crippen molar-refractivity contribution >= 4 is 15.9 Å². The summed E-state index contributed by atoms with van der Waals surface area (Å²) < 4.78 is 6.65. The maximum atomic E-state index is 5.80. The third-order valence-electron chi connectivity index (χ3n) is 3.83. The first-order valence-electron chi connectivity index (χ1n) is 6.67. The number of fused-ring (bicyclic) bond motifs is 1. The van der Waals surface area contributed by atoms with Gasteiger partial charge < -0.3 is 4.74 Å². The molecule has 1 heterocycles. The Hall–Kier alpha value is -1.36. The summed E-state index contributed by atoms with van der Waals surface area (Å²) in [4.78, 5) is 0. The van der Waals surface area contributed by atoms with Crippen LogP contribution in [0.1, 0.15) is 28.3 Å². The zero-order valence-corrected chi connectivity index (χ0v) is 12.9. The number of nitrogens with two attached hydrogens (primary N) is 1. The molecule has 0 fully saturated rings. The molecular weight excluding hydrogens is 316 g/mol. The maximum absolute atomic E-state index is 5.80. The highest BCUT2D eigenvalue weighted by atomic mass is 79.9. The van der Waals surface area contributed by atoms with Crippen molar-refractivity contribution in [2.75, 3.05) is 6.61 Å². The third kappa shape index (κ3) is 2.35. The lowest BCUT2D eigenvalue weighted by molar-refractivity contribution is 0.357. The molecule has 3 nitrogen and oxygen atoms in total. The van der Waals surface area contributed by atoms with Gasteiger partial charge in [-0.1, -0.05) is 40.2 Å². The highest BCUT2D eigenvalue weighted by molar-refractivity contribution is 9.10. The summed E-state index contributed by atoms with van der Waals surface area (Å²) in [6.45, 7) is 2.87. The smallest absolute Gasteiger partial charge is 0.122 e. The Morgan fingerprint density at radius 3 is 2.95 bits per heavy atom. The molecule has 0 radical (unpaired) electrons. The summed E-state index contributed by atoms with van der Waals surface area (Å²) >= 11 is 3.58. The maximum Gasteiger partial charge on any atom is 0.122 e. The fraction of sp³-hybridized carbons (Fsp3) is 0.250. The van der Waals surface area contributed by atoms with E-state index in [1.165, 1.54) is 16.7 Å². The SMILES string of the molecule is Cc1c(Br)cccc1C(NN)c1ccc2c(c1)CCO2. The molecule has 1 aliphatic heterocycles. The van der Waals surface area contributed by atoms with Crippen LogP contribution in [0.3, 0.4) is 0 Å². The van der Waals surface area contributed by atoms with Crippen LogP contribution in [0.4, 0.5) is 0 Å². The number of hydrazine groups is 1. The second kappa shape index (κ2) is 5.56. The Balaban J connectivity index is 2.03. The van der Waals surface area contributed by atoms with Crippen LogP contribution in [0.15, 0.2) is 40.9 Å². The number of benzene rings is 2. The molecule has 3 rings (SSSR count). The summed E-state index contributed by atoms with van der Waals surface area (Å²) in [5.74, 6) is 6.80. The van der Waals surface area contributed by atoms with E-state index in [1.807, 2.05) is 18.2 Å². The van der Waals surface area contributed by atoms with Crippen molar-refractivity contribution in [3.05, 3.63) is 63.1 Å². The predicted octanol–water partition coefficient (Wildman–Crippen LogP) is 3.25. The Kier molecular flexibility index (Phi) is 3.78. The molecule has 2 aromatic carbocycles. The lowest BCUT2D eigenvalue weighted by Gasteiger charge is -2.20. The van der Waals surface area contributed by atoms with Gasteiger partial charge in [0.2, 0.25) is 0 Å². The van der Waals surface area contributed by atoms with E-state index in [0.29, 0.717) is 0 Å². The van der Waals surface area contributed by atoms with Gasteiger partial charge in [0, 0.05) is 10.9 Å². The van der Waals surface area contributed by atoms with E-state index in [1.54, 1.807) is 0 Å². The van der Waals surface area contributed by atoms with Crippen LogP contribution >= 0.6 is 15.9 Å². The van der Waals surface area contributed by atoms with E-state index >= 15 is 0 Å². The second-order valence-electron chi connectivity index (χ2n) is 5.02. The number of rotatable bonds is 3. The molecule has 0 saturated carbocycles. The molecule has 0 aromatic heterocycles. The Bertz CT molecular complexity index is 642. The molecule has 2 aromatic rings. The first-order chi connectivity index (χ1) is 9.70. The highest BCUT2D eigenvalue weighted by Gasteiger charge is 2.19. The highest BCUT2D eigenvalue weighted by Crippen LogP contribution is 2.32. The van der Waals surface area contributed by atoms with Gasteiger partial charge in [0.25, 0.3) is 0 Å². The quantitative estimate of drug-likeness (QED) is 0.670. The van der Waals surface area contributed by atoms with Gasteiger partial charge in [-0.25, -0.2) is 5.43 Å². The van der Waals surface area contributed by atoms with Crippen LogP contribution in [0.5, 0.6) is 5.75 Å². The summed E-state index contributed by atoms with van der Waals surface area (Å²) in [5.41, 5.74) is 7.74. The van der Waals surface area contributed by atoms with E-state index in [4.69, 9.17) is 10.6 Å². The molecule has 4 heteroatoms. The first kappa shape index (κ1) is 13.6. The van der Waals surface area contributed by atoms with E-state index in [9.17, 15) is 0 Å². The van der Waals surface area contributed by atoms with Crippen molar-refractivity contribution in [2.45, 2.75) is 19.4 Å². The molecule has 1 aliphatic rings. The van der Waals surface area contributed by atoms with Crippen LogP contribution in [0.25, 0.3) is 0 Å². The van der Waals surface area contributed by atoms with Gasteiger partial charge in [0.15, 0.2) is 0 Å². The fourth-order valence-electron chi connectivity index (χ4n) is 2.69. The van der Waals surface area contributed by atoms with Gasteiger partial charge in [0.05, 0.1) is 12.6 Å². The average Bonchev–Trinajstić information content (AvgIpc) is 2.92. The number of nitrogens with one attached hydrogen (secondary N) is 1. The number of hydrogen-bond acceptors (Lipinski definition) is 3. The van der Waals surface area contributed by atoms with E-state index < -0.39 is 0 Å². The minimum Gasteiger partial charge on any atom is -0.493 e. The third-order valence-corrected chi connectivity index (χ3v) is 4.69. The summed E-state index contributed by atoms with van der Waals surface area (Å²) in [5, 5.41) is 0. The molecule has 1 unspecified atom stereocenters. The largest absolute Gasteiger partial charge is 0.493 e. The Morgan fingerprint density at radius 1 is 1.30 bits per heavy atom. The molecule has 1 atom stereocenters. The lowest BCUT2D eigenvalue weighted by Crippen LogP contribution is -2.29. The summed E-state index contributed by atoms with van der Waals surface area (Å²) in [7, 11) is 0. The van der Waals surface area contributed by atoms with E-state index in [-0.39, 0.29) is 6.04 Å². The van der Waals surface area contributed by atoms with Crippen LogP contribution in [0, 0.1) is 6.92 Å². The number of ether oxygens (including phenoxy) is 1. The molecule has 104 valence electrons. The zero-order valence-electron chi connectivity index (χ0n) is 11.3. The predicted molar refractivity (Wildman–Crippen MR) is 83.7 cm³/mol. The Morgan fingerprint density at radius 2 is 2.15 bits per heavy atom.